The van der Waals surface area contributed by atoms with Crippen LogP contribution in [0.4, 0.5) is 5.69 Å². The van der Waals surface area contributed by atoms with Gasteiger partial charge in [-0.15, -0.1) is 0 Å². The number of fused-ring (bicyclic) bond motifs is 1. The number of ether oxygens (including phenoxy) is 2. The zero-order valence-electron chi connectivity index (χ0n) is 11.4. The number of carbonyl (C=O) groups excluding carboxylic acids is 1. The van der Waals surface area contributed by atoms with Crippen LogP contribution in [0.5, 0.6) is 0 Å². The van der Waals surface area contributed by atoms with Crippen LogP contribution in [-0.2, 0) is 27.4 Å². The van der Waals surface area contributed by atoms with Crippen LogP contribution in [0.25, 0.3) is 0 Å². The second kappa shape index (κ2) is 6.65. The molecule has 2 rings (SSSR count). The zero-order chi connectivity index (χ0) is 13.7. The molecule has 1 aromatic rings. The molecule has 0 unspecified atom stereocenters. The Labute approximate surface area is 113 Å². The second-order valence-corrected chi connectivity index (χ2v) is 4.71. The molecule has 0 saturated heterocycles. The number of rotatable bonds is 6. The summed E-state index contributed by atoms with van der Waals surface area (Å²) in [6.45, 7) is 2.79. The van der Waals surface area contributed by atoms with Gasteiger partial charge in [-0.1, -0.05) is 12.1 Å². The number of methoxy groups -OCH3 is 1. The van der Waals surface area contributed by atoms with Crippen molar-refractivity contribution in [2.45, 2.75) is 13.1 Å². The predicted molar refractivity (Wildman–Crippen MR) is 72.9 cm³/mol. The fraction of sp³-hybridized carbons (Fsp3) is 0.500. The summed E-state index contributed by atoms with van der Waals surface area (Å²) in [5, 5.41) is 2.91. The van der Waals surface area contributed by atoms with Crippen LogP contribution in [-0.4, -0.2) is 44.8 Å². The molecule has 0 spiro atoms. The Morgan fingerprint density at radius 2 is 2.21 bits per heavy atom. The first-order valence-electron chi connectivity index (χ1n) is 6.36. The molecule has 0 aliphatic carbocycles. The highest BCUT2D eigenvalue weighted by Crippen LogP contribution is 2.28. The number of benzene rings is 1. The van der Waals surface area contributed by atoms with Crippen molar-refractivity contribution in [3.05, 3.63) is 29.3 Å². The van der Waals surface area contributed by atoms with E-state index in [0.29, 0.717) is 13.2 Å². The molecule has 5 heteroatoms. The summed E-state index contributed by atoms with van der Waals surface area (Å²) in [6.07, 6.45) is 0. The minimum atomic E-state index is -0.126. The minimum absolute atomic E-state index is 0.0584. The van der Waals surface area contributed by atoms with Crippen molar-refractivity contribution < 1.29 is 14.3 Å². The average Bonchev–Trinajstić information content (AvgIpc) is 2.76. The van der Waals surface area contributed by atoms with Gasteiger partial charge in [0.05, 0.1) is 13.2 Å². The molecule has 0 bridgehead atoms. The van der Waals surface area contributed by atoms with Gasteiger partial charge in [0.25, 0.3) is 0 Å². The van der Waals surface area contributed by atoms with E-state index in [1.807, 2.05) is 12.1 Å². The second-order valence-electron chi connectivity index (χ2n) is 4.71. The Hall–Kier alpha value is -1.43. The van der Waals surface area contributed by atoms with E-state index >= 15 is 0 Å². The highest BCUT2D eigenvalue weighted by atomic mass is 16.5. The fourth-order valence-electron chi connectivity index (χ4n) is 2.20. The highest BCUT2D eigenvalue weighted by Gasteiger charge is 2.19. The molecule has 1 aliphatic rings. The van der Waals surface area contributed by atoms with E-state index in [4.69, 9.17) is 9.47 Å². The van der Waals surface area contributed by atoms with Crippen molar-refractivity contribution in [3.63, 3.8) is 0 Å². The van der Waals surface area contributed by atoms with Gasteiger partial charge in [-0.2, -0.15) is 0 Å². The molecule has 5 nitrogen and oxygen atoms in total. The third-order valence-electron chi connectivity index (χ3n) is 3.08. The van der Waals surface area contributed by atoms with Gasteiger partial charge in [0.2, 0.25) is 5.91 Å². The van der Waals surface area contributed by atoms with Crippen LogP contribution in [0, 0.1) is 0 Å². The smallest absolute Gasteiger partial charge is 0.250 e. The van der Waals surface area contributed by atoms with Crippen LogP contribution in [0.3, 0.4) is 0 Å². The van der Waals surface area contributed by atoms with Gasteiger partial charge in [0, 0.05) is 25.9 Å². The van der Waals surface area contributed by atoms with E-state index in [0.717, 1.165) is 18.8 Å². The van der Waals surface area contributed by atoms with Crippen molar-refractivity contribution in [2.75, 3.05) is 39.3 Å². The summed E-state index contributed by atoms with van der Waals surface area (Å²) in [4.78, 5) is 14.0. The number of amides is 1. The largest absolute Gasteiger partial charge is 0.382 e. The van der Waals surface area contributed by atoms with Crippen LogP contribution in [0.15, 0.2) is 18.2 Å². The molecule has 0 aromatic heterocycles. The van der Waals surface area contributed by atoms with Gasteiger partial charge >= 0.3 is 0 Å². The van der Waals surface area contributed by atoms with Gasteiger partial charge in [0.15, 0.2) is 0 Å². The Kier molecular flexibility index (Phi) is 4.90. The van der Waals surface area contributed by atoms with E-state index < -0.39 is 0 Å². The van der Waals surface area contributed by atoms with Crippen molar-refractivity contribution in [2.24, 2.45) is 0 Å². The monoisotopic (exact) mass is 264 g/mol. The number of nitrogens with one attached hydrogen (secondary N) is 1. The molecule has 1 aromatic carbocycles. The summed E-state index contributed by atoms with van der Waals surface area (Å²) < 4.78 is 10.1. The number of hydrogen-bond acceptors (Lipinski definition) is 4. The van der Waals surface area contributed by atoms with Crippen molar-refractivity contribution >= 4 is 11.6 Å². The Balaban J connectivity index is 1.90. The number of nitrogens with zero attached hydrogens (tertiary/aromatic N) is 1. The van der Waals surface area contributed by atoms with Crippen LogP contribution < -0.4 is 5.32 Å². The van der Waals surface area contributed by atoms with Gasteiger partial charge in [-0.3, -0.25) is 9.69 Å². The van der Waals surface area contributed by atoms with Crippen LogP contribution >= 0.6 is 0 Å². The summed E-state index contributed by atoms with van der Waals surface area (Å²) in [5.41, 5.74) is 3.37. The molecular weight excluding hydrogens is 244 g/mol. The van der Waals surface area contributed by atoms with Crippen molar-refractivity contribution in [3.8, 4) is 0 Å². The molecule has 1 N–H and O–H groups in total. The molecule has 1 heterocycles. The fourth-order valence-corrected chi connectivity index (χ4v) is 2.20. The number of carbonyl (C=O) groups is 1. The van der Waals surface area contributed by atoms with Crippen molar-refractivity contribution in [1.82, 2.24) is 4.90 Å². The lowest BCUT2D eigenvalue weighted by molar-refractivity contribution is -0.121. The van der Waals surface area contributed by atoms with Crippen LogP contribution in [0.2, 0.25) is 0 Å². The average molecular weight is 264 g/mol. The molecule has 104 valence electrons. The Morgan fingerprint density at radius 1 is 1.37 bits per heavy atom. The molecule has 0 fully saturated rings. The lowest BCUT2D eigenvalue weighted by atomic mass is 10.1. The zero-order valence-corrected chi connectivity index (χ0v) is 11.4. The SMILES string of the molecule is COCCOCC(=O)Nc1cccc2c1CN(C)C2. The Bertz CT molecular complexity index is 448. The summed E-state index contributed by atoms with van der Waals surface area (Å²) in [6, 6.07) is 6.01. The lowest BCUT2D eigenvalue weighted by Gasteiger charge is -2.10. The standard InChI is InChI=1S/C14H20N2O3/c1-16-8-11-4-3-5-13(12(11)9-16)15-14(17)10-19-7-6-18-2/h3-5H,6-10H2,1-2H3,(H,15,17). The maximum atomic E-state index is 11.8. The molecule has 19 heavy (non-hydrogen) atoms. The molecule has 0 atom stereocenters. The van der Waals surface area contributed by atoms with Crippen molar-refractivity contribution in [1.29, 1.82) is 0 Å². The van der Waals surface area contributed by atoms with Crippen LogP contribution in [0.1, 0.15) is 11.1 Å². The van der Waals surface area contributed by atoms with E-state index in [1.165, 1.54) is 11.1 Å². The molecule has 0 radical (unpaired) electrons. The summed E-state index contributed by atoms with van der Waals surface area (Å²) in [7, 11) is 3.67. The number of hydrogen-bond donors (Lipinski definition) is 1. The first-order chi connectivity index (χ1) is 9.20. The maximum Gasteiger partial charge on any atom is 0.250 e. The minimum Gasteiger partial charge on any atom is -0.382 e. The van der Waals surface area contributed by atoms with E-state index in [1.54, 1.807) is 7.11 Å². The topological polar surface area (TPSA) is 50.8 Å². The van der Waals surface area contributed by atoms with Gasteiger partial charge in [-0.25, -0.2) is 0 Å². The first kappa shape index (κ1) is 14.0. The van der Waals surface area contributed by atoms with Gasteiger partial charge < -0.3 is 14.8 Å². The van der Waals surface area contributed by atoms with E-state index in [2.05, 4.69) is 23.3 Å². The highest BCUT2D eigenvalue weighted by molar-refractivity contribution is 5.92. The normalized spacial score (nSPS) is 14.4. The Morgan fingerprint density at radius 3 is 3.00 bits per heavy atom. The van der Waals surface area contributed by atoms with Gasteiger partial charge in [0.1, 0.15) is 6.61 Å². The lowest BCUT2D eigenvalue weighted by Crippen LogP contribution is -2.20. The maximum absolute atomic E-state index is 11.8. The predicted octanol–water partition coefficient (Wildman–Crippen LogP) is 1.23. The quantitative estimate of drug-likeness (QED) is 0.785. The molecular formula is C14H20N2O3. The third-order valence-corrected chi connectivity index (χ3v) is 3.08. The molecule has 0 saturated carbocycles. The molecule has 1 aliphatic heterocycles. The summed E-state index contributed by atoms with van der Waals surface area (Å²) >= 11 is 0. The molecule has 1 amide bonds. The first-order valence-corrected chi connectivity index (χ1v) is 6.36. The van der Waals surface area contributed by atoms with E-state index in [9.17, 15) is 4.79 Å². The van der Waals surface area contributed by atoms with E-state index in [-0.39, 0.29) is 12.5 Å². The summed E-state index contributed by atoms with van der Waals surface area (Å²) in [5.74, 6) is -0.126. The number of anilines is 1. The third kappa shape index (κ3) is 3.76. The van der Waals surface area contributed by atoms with Gasteiger partial charge in [-0.05, 0) is 24.2 Å².